The van der Waals surface area contributed by atoms with Crippen LogP contribution in [0.5, 0.6) is 0 Å². The zero-order chi connectivity index (χ0) is 23.0. The number of hydrogen-bond donors (Lipinski definition) is 0. The number of carbonyl (C=O) groups is 2. The summed E-state index contributed by atoms with van der Waals surface area (Å²) in [5.41, 5.74) is 0.999. The van der Waals surface area contributed by atoms with E-state index in [1.165, 1.54) is 0 Å². The number of rotatable bonds is 9. The summed E-state index contributed by atoms with van der Waals surface area (Å²) in [7, 11) is -3.80. The van der Waals surface area contributed by atoms with Crippen LogP contribution >= 0.6 is 0 Å². The average molecular weight is 463 g/mol. The molecule has 3 rings (SSSR count). The molecular formula is C23H38N2O4Si2. The quantitative estimate of drug-likeness (QED) is 0.382. The highest BCUT2D eigenvalue weighted by Gasteiger charge is 2.61. The molecule has 0 saturated carbocycles. The molecule has 2 fully saturated rings. The van der Waals surface area contributed by atoms with Gasteiger partial charge in [-0.15, -0.1) is 0 Å². The van der Waals surface area contributed by atoms with Gasteiger partial charge in [0.15, 0.2) is 16.6 Å². The average Bonchev–Trinajstić information content (AvgIpc) is 3.10. The molecule has 31 heavy (non-hydrogen) atoms. The van der Waals surface area contributed by atoms with Crippen molar-refractivity contribution in [2.45, 2.75) is 89.7 Å². The predicted molar refractivity (Wildman–Crippen MR) is 128 cm³/mol. The molecule has 2 aliphatic rings. The number of hydrogen-bond acceptors (Lipinski definition) is 4. The molecule has 8 heteroatoms. The van der Waals surface area contributed by atoms with Crippen molar-refractivity contribution >= 4 is 28.6 Å². The Bertz CT molecular complexity index is 786. The highest BCUT2D eigenvalue weighted by Crippen LogP contribution is 2.41. The van der Waals surface area contributed by atoms with Crippen LogP contribution in [0.1, 0.15) is 39.3 Å². The van der Waals surface area contributed by atoms with Gasteiger partial charge in [0.2, 0.25) is 5.91 Å². The van der Waals surface area contributed by atoms with Gasteiger partial charge in [0.05, 0.1) is 18.2 Å². The highest BCUT2D eigenvalue weighted by molar-refractivity contribution is 6.76. The third-order valence-corrected chi connectivity index (χ3v) is 13.8. The lowest BCUT2D eigenvalue weighted by Gasteiger charge is -2.58. The number of nitrogens with zero attached hydrogens (tertiary/aromatic N) is 2. The van der Waals surface area contributed by atoms with Crippen LogP contribution in [0.25, 0.3) is 0 Å². The molecule has 172 valence electrons. The Hall–Kier alpha value is -1.65. The molecule has 0 aliphatic carbocycles. The normalized spacial score (nSPS) is 25.5. The molecule has 1 aromatic carbocycles. The number of β-lactam (4-membered cyclic amide) rings is 1. The Kier molecular flexibility index (Phi) is 7.03. The minimum Gasteiger partial charge on any atom is -0.447 e. The van der Waals surface area contributed by atoms with Gasteiger partial charge in [0, 0.05) is 0 Å². The molecule has 0 N–H and O–H groups in total. The fraction of sp³-hybridized carbons (Fsp3) is 0.652. The minimum atomic E-state index is -1.94. The van der Waals surface area contributed by atoms with E-state index >= 15 is 0 Å². The van der Waals surface area contributed by atoms with Crippen LogP contribution in [0.3, 0.4) is 0 Å². The van der Waals surface area contributed by atoms with Crippen molar-refractivity contribution in [2.24, 2.45) is 0 Å². The van der Waals surface area contributed by atoms with E-state index in [1.807, 2.05) is 30.3 Å². The summed E-state index contributed by atoms with van der Waals surface area (Å²) in [5.74, 6) is 0.0381. The van der Waals surface area contributed by atoms with Crippen LogP contribution < -0.4 is 0 Å². The predicted octanol–water partition coefficient (Wildman–Crippen LogP) is 5.00. The van der Waals surface area contributed by atoms with E-state index in [1.54, 1.807) is 4.90 Å². The topological polar surface area (TPSA) is 59.1 Å². The van der Waals surface area contributed by atoms with Gasteiger partial charge in [0.1, 0.15) is 12.6 Å². The van der Waals surface area contributed by atoms with Crippen LogP contribution in [0, 0.1) is 0 Å². The Morgan fingerprint density at radius 2 is 1.65 bits per heavy atom. The molecular weight excluding hydrogens is 424 g/mol. The summed E-state index contributed by atoms with van der Waals surface area (Å²) in [4.78, 5) is 28.0. The van der Waals surface area contributed by atoms with Gasteiger partial charge in [-0.1, -0.05) is 70.7 Å². The third kappa shape index (κ3) is 4.34. The van der Waals surface area contributed by atoms with E-state index in [2.05, 4.69) is 51.9 Å². The molecule has 6 nitrogen and oxygen atoms in total. The van der Waals surface area contributed by atoms with E-state index in [0.29, 0.717) is 0 Å². The first kappa shape index (κ1) is 24.0. The second-order valence-corrected chi connectivity index (χ2v) is 19.3. The van der Waals surface area contributed by atoms with E-state index < -0.39 is 28.7 Å². The standard InChI is InChI=1S/C23H38N2O4Si2/c1-8-31(9-2,10-3)29-17(4)20-21(22(26)25(20)30(5,6)7)24-19(16-28-23(24)27)18-14-12-11-13-15-18/h11-15,17,19-21H,8-10,16H2,1-7H3/t17-,19+,20-,21-/m0/s1. The number of benzene rings is 1. The lowest BCUT2D eigenvalue weighted by atomic mass is 9.91. The van der Waals surface area contributed by atoms with Gasteiger partial charge < -0.3 is 13.7 Å². The molecule has 0 radical (unpaired) electrons. The first-order valence-corrected chi connectivity index (χ1v) is 17.6. The fourth-order valence-corrected chi connectivity index (χ4v) is 10.1. The second-order valence-electron chi connectivity index (χ2n) is 9.79. The molecule has 2 saturated heterocycles. The molecule has 1 aromatic rings. The maximum absolute atomic E-state index is 13.5. The second kappa shape index (κ2) is 9.07. The molecule has 0 unspecified atom stereocenters. The molecule has 0 aromatic heterocycles. The lowest BCUT2D eigenvalue weighted by molar-refractivity contribution is -0.154. The maximum atomic E-state index is 13.5. The fourth-order valence-electron chi connectivity index (χ4n) is 5.16. The SMILES string of the molecule is CC[Si](CC)(CC)O[C@@H](C)[C@H]1[C@H](N2C(=O)OC[C@@H]2c2ccccc2)C(=O)N1[Si](C)(C)C. The van der Waals surface area contributed by atoms with E-state index in [9.17, 15) is 9.59 Å². The van der Waals surface area contributed by atoms with Gasteiger partial charge in [0.25, 0.3) is 0 Å². The number of amides is 2. The van der Waals surface area contributed by atoms with Crippen LogP contribution in [-0.4, -0.2) is 62.8 Å². The minimum absolute atomic E-state index is 0.0381. The van der Waals surface area contributed by atoms with Gasteiger partial charge in [-0.05, 0) is 30.6 Å². The zero-order valence-corrected chi connectivity index (χ0v) is 22.1. The molecule has 4 atom stereocenters. The van der Waals surface area contributed by atoms with E-state index in [0.717, 1.165) is 23.7 Å². The summed E-state index contributed by atoms with van der Waals surface area (Å²) in [6.45, 7) is 15.6. The molecule has 2 amide bonds. The maximum Gasteiger partial charge on any atom is 0.411 e. The summed E-state index contributed by atoms with van der Waals surface area (Å²) in [5, 5.41) is 0. The van der Waals surface area contributed by atoms with Gasteiger partial charge in [-0.3, -0.25) is 9.69 Å². The van der Waals surface area contributed by atoms with Gasteiger partial charge in [-0.2, -0.15) is 0 Å². The van der Waals surface area contributed by atoms with E-state index in [4.69, 9.17) is 9.16 Å². The lowest BCUT2D eigenvalue weighted by Crippen LogP contribution is -2.79. The van der Waals surface area contributed by atoms with Crippen molar-refractivity contribution in [3.8, 4) is 0 Å². The zero-order valence-electron chi connectivity index (χ0n) is 20.1. The monoisotopic (exact) mass is 462 g/mol. The molecule has 0 bridgehead atoms. The number of cyclic esters (lactones) is 1. The summed E-state index contributed by atoms with van der Waals surface area (Å²) < 4.78 is 14.3. The Morgan fingerprint density at radius 1 is 1.06 bits per heavy atom. The summed E-state index contributed by atoms with van der Waals surface area (Å²) in [6, 6.07) is 12.1. The van der Waals surface area contributed by atoms with Gasteiger partial charge >= 0.3 is 6.09 Å². The smallest absolute Gasteiger partial charge is 0.411 e. The van der Waals surface area contributed by atoms with Crippen molar-refractivity contribution in [2.75, 3.05) is 6.61 Å². The third-order valence-electron chi connectivity index (χ3n) is 7.08. The van der Waals surface area contributed by atoms with Crippen LogP contribution in [0.15, 0.2) is 30.3 Å². The molecule has 0 spiro atoms. The molecule has 2 heterocycles. The van der Waals surface area contributed by atoms with Crippen molar-refractivity contribution in [1.82, 2.24) is 9.47 Å². The van der Waals surface area contributed by atoms with Crippen molar-refractivity contribution < 1.29 is 18.8 Å². The summed E-state index contributed by atoms with van der Waals surface area (Å²) >= 11 is 0. The van der Waals surface area contributed by atoms with Gasteiger partial charge in [-0.25, -0.2) is 4.79 Å². The van der Waals surface area contributed by atoms with Crippen LogP contribution in [0.4, 0.5) is 4.79 Å². The Morgan fingerprint density at radius 3 is 2.16 bits per heavy atom. The highest BCUT2D eigenvalue weighted by atomic mass is 28.4. The Balaban J connectivity index is 1.95. The molecule has 2 aliphatic heterocycles. The Labute approximate surface area is 189 Å². The number of ether oxygens (including phenoxy) is 1. The van der Waals surface area contributed by atoms with E-state index in [-0.39, 0.29) is 30.7 Å². The first-order chi connectivity index (χ1) is 14.6. The first-order valence-electron chi connectivity index (χ1n) is 11.6. The van der Waals surface area contributed by atoms with Crippen LogP contribution in [0.2, 0.25) is 37.8 Å². The van der Waals surface area contributed by atoms with Crippen molar-refractivity contribution in [3.63, 3.8) is 0 Å². The van der Waals surface area contributed by atoms with Crippen molar-refractivity contribution in [3.05, 3.63) is 35.9 Å². The van der Waals surface area contributed by atoms with Crippen molar-refractivity contribution in [1.29, 1.82) is 0 Å². The van der Waals surface area contributed by atoms with Crippen LogP contribution in [-0.2, 0) is 14.0 Å². The summed E-state index contributed by atoms with van der Waals surface area (Å²) in [6.07, 6.45) is -0.518. The largest absolute Gasteiger partial charge is 0.447 e. The number of carbonyl (C=O) groups excluding carboxylic acids is 2.